The van der Waals surface area contributed by atoms with E-state index >= 15 is 0 Å². The van der Waals surface area contributed by atoms with Crippen LogP contribution in [0.5, 0.6) is 0 Å². The van der Waals surface area contributed by atoms with Gasteiger partial charge in [-0.05, 0) is 30.5 Å². The zero-order valence-corrected chi connectivity index (χ0v) is 14.3. The minimum Gasteiger partial charge on any atom is -0.320 e. The van der Waals surface area contributed by atoms with Crippen LogP contribution in [0.25, 0.3) is 0 Å². The molecule has 0 bridgehead atoms. The summed E-state index contributed by atoms with van der Waals surface area (Å²) in [7, 11) is -3.67. The molecule has 0 radical (unpaired) electrons. The largest absolute Gasteiger partial charge is 0.320 e. The molecule has 1 unspecified atom stereocenters. The zero-order chi connectivity index (χ0) is 16.3. The Morgan fingerprint density at radius 2 is 2.00 bits per heavy atom. The Hall–Kier alpha value is -1.06. The molecule has 1 aromatic rings. The van der Waals surface area contributed by atoms with Gasteiger partial charge in [0.15, 0.2) is 0 Å². The minimum absolute atomic E-state index is 0.0542. The molecule has 0 heterocycles. The summed E-state index contributed by atoms with van der Waals surface area (Å²) in [5, 5.41) is 0.146. The number of halogens is 1. The van der Waals surface area contributed by atoms with Gasteiger partial charge in [0.1, 0.15) is 4.90 Å². The van der Waals surface area contributed by atoms with Gasteiger partial charge in [0, 0.05) is 11.6 Å². The molecule has 1 rings (SSSR count). The van der Waals surface area contributed by atoms with Crippen molar-refractivity contribution in [3.8, 4) is 11.8 Å². The zero-order valence-electron chi connectivity index (χ0n) is 12.7. The summed E-state index contributed by atoms with van der Waals surface area (Å²) < 4.78 is 27.4. The predicted octanol–water partition coefficient (Wildman–Crippen LogP) is 2.36. The first-order chi connectivity index (χ1) is 9.58. The van der Waals surface area contributed by atoms with E-state index in [1.807, 2.05) is 27.7 Å². The molecule has 0 aliphatic rings. The van der Waals surface area contributed by atoms with Crippen LogP contribution in [0.15, 0.2) is 23.1 Å². The van der Waals surface area contributed by atoms with Crippen LogP contribution in [-0.2, 0) is 10.0 Å². The molecule has 0 fully saturated rings. The summed E-state index contributed by atoms with van der Waals surface area (Å²) in [6, 6.07) is 4.38. The molecule has 1 atom stereocenters. The third-order valence-electron chi connectivity index (χ3n) is 3.19. The van der Waals surface area contributed by atoms with Crippen LogP contribution >= 0.6 is 11.6 Å². The average molecular weight is 329 g/mol. The standard InChI is InChI=1S/C15H21ClN2O2S/c1-11(15(2,3)4)18-21(19,20)14-8-7-12(6-5-9-17)10-13(14)16/h7-8,10-11,18H,9,17H2,1-4H3. The van der Waals surface area contributed by atoms with E-state index in [1.54, 1.807) is 6.07 Å². The molecule has 0 saturated heterocycles. The highest BCUT2D eigenvalue weighted by Gasteiger charge is 2.27. The summed E-state index contributed by atoms with van der Waals surface area (Å²) in [6.07, 6.45) is 0. The van der Waals surface area contributed by atoms with E-state index in [1.165, 1.54) is 12.1 Å². The van der Waals surface area contributed by atoms with Crippen molar-refractivity contribution < 1.29 is 8.42 Å². The maximum absolute atomic E-state index is 12.4. The second-order valence-corrected chi connectivity index (χ2v) is 7.95. The second-order valence-electron chi connectivity index (χ2n) is 5.86. The second kappa shape index (κ2) is 6.80. The maximum atomic E-state index is 12.4. The number of nitrogens with one attached hydrogen (secondary N) is 1. The van der Waals surface area contributed by atoms with Crippen molar-refractivity contribution in [2.75, 3.05) is 6.54 Å². The molecule has 0 aromatic heterocycles. The highest BCUT2D eigenvalue weighted by Crippen LogP contribution is 2.25. The van der Waals surface area contributed by atoms with Crippen LogP contribution in [0.2, 0.25) is 5.02 Å². The summed E-state index contributed by atoms with van der Waals surface area (Å²) in [4.78, 5) is 0.0542. The molecule has 1 aromatic carbocycles. The van der Waals surface area contributed by atoms with Gasteiger partial charge in [0.25, 0.3) is 0 Å². The lowest BCUT2D eigenvalue weighted by atomic mass is 9.89. The van der Waals surface area contributed by atoms with Gasteiger partial charge in [-0.2, -0.15) is 0 Å². The highest BCUT2D eigenvalue weighted by atomic mass is 35.5. The van der Waals surface area contributed by atoms with Crippen molar-refractivity contribution in [2.24, 2.45) is 11.1 Å². The number of rotatable bonds is 3. The van der Waals surface area contributed by atoms with E-state index in [4.69, 9.17) is 17.3 Å². The van der Waals surface area contributed by atoms with Gasteiger partial charge in [-0.15, -0.1) is 0 Å². The lowest BCUT2D eigenvalue weighted by molar-refractivity contribution is 0.317. The monoisotopic (exact) mass is 328 g/mol. The Labute approximate surface area is 132 Å². The van der Waals surface area contributed by atoms with Gasteiger partial charge in [-0.3, -0.25) is 0 Å². The van der Waals surface area contributed by atoms with Crippen LogP contribution in [0.4, 0.5) is 0 Å². The Balaban J connectivity index is 3.10. The van der Waals surface area contributed by atoms with Crippen LogP contribution < -0.4 is 10.5 Å². The van der Waals surface area contributed by atoms with Crippen molar-refractivity contribution >= 4 is 21.6 Å². The SMILES string of the molecule is CC(NS(=O)(=O)c1ccc(C#CCN)cc1Cl)C(C)(C)C. The third-order valence-corrected chi connectivity index (χ3v) is 5.21. The van der Waals surface area contributed by atoms with Crippen LogP contribution in [0, 0.1) is 17.3 Å². The Kier molecular flexibility index (Phi) is 5.83. The van der Waals surface area contributed by atoms with Crippen LogP contribution in [0.1, 0.15) is 33.3 Å². The number of sulfonamides is 1. The number of hydrogen-bond acceptors (Lipinski definition) is 3. The van der Waals surface area contributed by atoms with Crippen LogP contribution in [-0.4, -0.2) is 21.0 Å². The molecule has 0 aliphatic carbocycles. The third kappa shape index (κ3) is 5.01. The molecule has 116 valence electrons. The molecule has 0 spiro atoms. The van der Waals surface area contributed by atoms with E-state index in [0.29, 0.717) is 5.56 Å². The Morgan fingerprint density at radius 1 is 1.38 bits per heavy atom. The van der Waals surface area contributed by atoms with E-state index in [0.717, 1.165) is 0 Å². The highest BCUT2D eigenvalue weighted by molar-refractivity contribution is 7.89. The van der Waals surface area contributed by atoms with Crippen molar-refractivity contribution in [1.82, 2.24) is 4.72 Å². The fraction of sp³-hybridized carbons (Fsp3) is 0.467. The Morgan fingerprint density at radius 3 is 2.48 bits per heavy atom. The topological polar surface area (TPSA) is 72.2 Å². The van der Waals surface area contributed by atoms with Crippen molar-refractivity contribution in [1.29, 1.82) is 0 Å². The van der Waals surface area contributed by atoms with Gasteiger partial charge in [-0.25, -0.2) is 13.1 Å². The van der Waals surface area contributed by atoms with E-state index < -0.39 is 10.0 Å². The molecule has 0 amide bonds. The van der Waals surface area contributed by atoms with Gasteiger partial charge in [-0.1, -0.05) is 44.2 Å². The van der Waals surface area contributed by atoms with E-state index in [9.17, 15) is 8.42 Å². The van der Waals surface area contributed by atoms with Crippen molar-refractivity contribution in [3.05, 3.63) is 28.8 Å². The number of hydrogen-bond donors (Lipinski definition) is 2. The normalized spacial score (nSPS) is 13.4. The molecule has 0 saturated carbocycles. The number of benzene rings is 1. The maximum Gasteiger partial charge on any atom is 0.242 e. The quantitative estimate of drug-likeness (QED) is 0.837. The first-order valence-electron chi connectivity index (χ1n) is 6.59. The molecular formula is C15H21ClN2O2S. The predicted molar refractivity (Wildman–Crippen MR) is 86.6 cm³/mol. The number of nitrogens with two attached hydrogens (primary N) is 1. The van der Waals surface area contributed by atoms with Gasteiger partial charge in [0.2, 0.25) is 10.0 Å². The van der Waals surface area contributed by atoms with Crippen LogP contribution in [0.3, 0.4) is 0 Å². The Bertz CT molecular complexity index is 667. The summed E-state index contributed by atoms with van der Waals surface area (Å²) >= 11 is 6.07. The molecule has 3 N–H and O–H groups in total. The molecule has 4 nitrogen and oxygen atoms in total. The summed E-state index contributed by atoms with van der Waals surface area (Å²) in [5.74, 6) is 5.51. The molecule has 21 heavy (non-hydrogen) atoms. The summed E-state index contributed by atoms with van der Waals surface area (Å²) in [6.45, 7) is 7.96. The fourth-order valence-electron chi connectivity index (χ4n) is 1.42. The lowest BCUT2D eigenvalue weighted by Crippen LogP contribution is -2.41. The lowest BCUT2D eigenvalue weighted by Gasteiger charge is -2.28. The first kappa shape index (κ1) is 18.0. The molecule has 0 aliphatic heterocycles. The van der Waals surface area contributed by atoms with Crippen molar-refractivity contribution in [2.45, 2.75) is 38.6 Å². The average Bonchev–Trinajstić information content (AvgIpc) is 2.34. The van der Waals surface area contributed by atoms with E-state index in [-0.39, 0.29) is 27.9 Å². The van der Waals surface area contributed by atoms with Gasteiger partial charge in [0.05, 0.1) is 11.6 Å². The van der Waals surface area contributed by atoms with Gasteiger partial charge >= 0.3 is 0 Å². The van der Waals surface area contributed by atoms with Crippen molar-refractivity contribution in [3.63, 3.8) is 0 Å². The minimum atomic E-state index is -3.67. The smallest absolute Gasteiger partial charge is 0.242 e. The van der Waals surface area contributed by atoms with Gasteiger partial charge < -0.3 is 5.73 Å². The molecular weight excluding hydrogens is 308 g/mol. The van der Waals surface area contributed by atoms with E-state index in [2.05, 4.69) is 16.6 Å². The fourth-order valence-corrected chi connectivity index (χ4v) is 3.42. The summed E-state index contributed by atoms with van der Waals surface area (Å²) in [5.41, 5.74) is 5.74. The molecule has 6 heteroatoms. The first-order valence-corrected chi connectivity index (χ1v) is 8.45.